The quantitative estimate of drug-likeness (QED) is 0.720. The molecule has 0 heterocycles. The summed E-state index contributed by atoms with van der Waals surface area (Å²) in [6.07, 6.45) is 0.484. The van der Waals surface area contributed by atoms with Crippen molar-refractivity contribution in [2.75, 3.05) is 0 Å². The lowest BCUT2D eigenvalue weighted by Gasteiger charge is -2.11. The predicted octanol–water partition coefficient (Wildman–Crippen LogP) is 3.05. The fraction of sp³-hybridized carbons (Fsp3) is 0.364. The summed E-state index contributed by atoms with van der Waals surface area (Å²) in [6.45, 7) is 0.332. The number of carbonyl (C=O) groups excluding carboxylic acids is 1. The Hall–Kier alpha value is -1.45. The highest BCUT2D eigenvalue weighted by Gasteiger charge is 2.13. The van der Waals surface area contributed by atoms with Crippen LogP contribution in [0.1, 0.15) is 29.8 Å². The van der Waals surface area contributed by atoms with Crippen molar-refractivity contribution in [2.24, 2.45) is 0 Å². The zero-order valence-electron chi connectivity index (χ0n) is 8.59. The Morgan fingerprint density at radius 2 is 2.13 bits per heavy atom. The Balaban J connectivity index is 3.16. The molecule has 2 nitrogen and oxygen atoms in total. The van der Waals surface area contributed by atoms with Gasteiger partial charge >= 0.3 is 6.61 Å². The molecule has 0 bridgehead atoms. The number of carbonyl (C=O) groups is 1. The molecule has 0 fully saturated rings. The standard InChI is InChI=1S/C11H12F2O2/c1-3-8-9(7(2)14)5-4-6-10(8)15-11(12)13/h4-6,11H,3H2,1-2H3. The van der Waals surface area contributed by atoms with Crippen LogP contribution in [-0.2, 0) is 6.42 Å². The Kier molecular flexibility index (Phi) is 3.77. The molecular weight excluding hydrogens is 202 g/mol. The zero-order valence-corrected chi connectivity index (χ0v) is 8.59. The van der Waals surface area contributed by atoms with Crippen molar-refractivity contribution < 1.29 is 18.3 Å². The molecule has 0 aliphatic carbocycles. The lowest BCUT2D eigenvalue weighted by molar-refractivity contribution is -0.0504. The summed E-state index contributed by atoms with van der Waals surface area (Å²) in [6, 6.07) is 4.59. The maximum absolute atomic E-state index is 12.1. The van der Waals surface area contributed by atoms with E-state index in [0.29, 0.717) is 17.5 Å². The maximum Gasteiger partial charge on any atom is 0.387 e. The van der Waals surface area contributed by atoms with Gasteiger partial charge in [-0.3, -0.25) is 4.79 Å². The van der Waals surface area contributed by atoms with Crippen LogP contribution >= 0.6 is 0 Å². The summed E-state index contributed by atoms with van der Waals surface area (Å²) < 4.78 is 28.5. The summed E-state index contributed by atoms with van der Waals surface area (Å²) in [5.41, 5.74) is 0.973. The molecule has 82 valence electrons. The number of benzene rings is 1. The third-order valence-electron chi connectivity index (χ3n) is 2.08. The van der Waals surface area contributed by atoms with Crippen LogP contribution in [0.3, 0.4) is 0 Å². The molecule has 0 aliphatic heterocycles. The van der Waals surface area contributed by atoms with Crippen LogP contribution in [0, 0.1) is 0 Å². The van der Waals surface area contributed by atoms with E-state index < -0.39 is 6.61 Å². The van der Waals surface area contributed by atoms with Gasteiger partial charge in [0.1, 0.15) is 5.75 Å². The van der Waals surface area contributed by atoms with Crippen LogP contribution in [0.25, 0.3) is 0 Å². The second-order valence-electron chi connectivity index (χ2n) is 3.07. The molecule has 0 spiro atoms. The number of rotatable bonds is 4. The number of alkyl halides is 2. The molecule has 1 aromatic carbocycles. The van der Waals surface area contributed by atoms with Gasteiger partial charge in [0.25, 0.3) is 0 Å². The molecule has 0 aromatic heterocycles. The van der Waals surface area contributed by atoms with Gasteiger partial charge in [0.2, 0.25) is 0 Å². The van der Waals surface area contributed by atoms with E-state index in [9.17, 15) is 13.6 Å². The van der Waals surface area contributed by atoms with Crippen molar-refractivity contribution in [3.63, 3.8) is 0 Å². The van der Waals surface area contributed by atoms with Crippen molar-refractivity contribution >= 4 is 5.78 Å². The minimum Gasteiger partial charge on any atom is -0.435 e. The summed E-state index contributed by atoms with van der Waals surface area (Å²) in [7, 11) is 0. The van der Waals surface area contributed by atoms with Crippen LogP contribution in [0.4, 0.5) is 8.78 Å². The van der Waals surface area contributed by atoms with Crippen LogP contribution in [-0.4, -0.2) is 12.4 Å². The van der Waals surface area contributed by atoms with E-state index >= 15 is 0 Å². The average molecular weight is 214 g/mol. The predicted molar refractivity (Wildman–Crippen MR) is 52.5 cm³/mol. The minimum atomic E-state index is -2.86. The van der Waals surface area contributed by atoms with Gasteiger partial charge in [-0.1, -0.05) is 19.1 Å². The Bertz CT molecular complexity index is 362. The molecule has 1 rings (SSSR count). The molecule has 0 saturated heterocycles. The lowest BCUT2D eigenvalue weighted by atomic mass is 10.0. The first-order valence-corrected chi connectivity index (χ1v) is 4.64. The maximum atomic E-state index is 12.1. The molecule has 0 atom stereocenters. The number of ether oxygens (including phenoxy) is 1. The molecule has 1 aromatic rings. The highest BCUT2D eigenvalue weighted by molar-refractivity contribution is 5.96. The zero-order chi connectivity index (χ0) is 11.4. The van der Waals surface area contributed by atoms with E-state index in [1.807, 2.05) is 0 Å². The van der Waals surface area contributed by atoms with Gasteiger partial charge in [0.05, 0.1) is 0 Å². The van der Waals surface area contributed by atoms with E-state index in [1.165, 1.54) is 19.1 Å². The average Bonchev–Trinajstić information content (AvgIpc) is 2.16. The highest BCUT2D eigenvalue weighted by Crippen LogP contribution is 2.25. The van der Waals surface area contributed by atoms with Crippen molar-refractivity contribution in [3.8, 4) is 5.75 Å². The van der Waals surface area contributed by atoms with Gasteiger partial charge in [-0.25, -0.2) is 0 Å². The first kappa shape index (κ1) is 11.6. The number of ketones is 1. The summed E-state index contributed by atoms with van der Waals surface area (Å²) in [5, 5.41) is 0. The Labute approximate surface area is 86.9 Å². The first-order valence-electron chi connectivity index (χ1n) is 4.64. The van der Waals surface area contributed by atoms with Gasteiger partial charge in [0.15, 0.2) is 5.78 Å². The van der Waals surface area contributed by atoms with Gasteiger partial charge in [-0.2, -0.15) is 8.78 Å². The lowest BCUT2D eigenvalue weighted by Crippen LogP contribution is -2.07. The van der Waals surface area contributed by atoms with Crippen LogP contribution < -0.4 is 4.74 Å². The van der Waals surface area contributed by atoms with Crippen LogP contribution in [0.2, 0.25) is 0 Å². The molecule has 0 amide bonds. The van der Waals surface area contributed by atoms with E-state index in [4.69, 9.17) is 0 Å². The second kappa shape index (κ2) is 4.87. The largest absolute Gasteiger partial charge is 0.435 e. The number of Topliss-reactive ketones (excluding diaryl/α,β-unsaturated/α-hetero) is 1. The topological polar surface area (TPSA) is 26.3 Å². The van der Waals surface area contributed by atoms with Gasteiger partial charge < -0.3 is 4.74 Å². The van der Waals surface area contributed by atoms with Gasteiger partial charge in [0, 0.05) is 11.1 Å². The molecule has 0 saturated carbocycles. The van der Waals surface area contributed by atoms with E-state index in [1.54, 1.807) is 13.0 Å². The second-order valence-corrected chi connectivity index (χ2v) is 3.07. The molecule has 0 unspecified atom stereocenters. The number of hydrogen-bond acceptors (Lipinski definition) is 2. The third-order valence-corrected chi connectivity index (χ3v) is 2.08. The summed E-state index contributed by atoms with van der Waals surface area (Å²) >= 11 is 0. The Morgan fingerprint density at radius 1 is 1.47 bits per heavy atom. The highest BCUT2D eigenvalue weighted by atomic mass is 19.3. The van der Waals surface area contributed by atoms with Gasteiger partial charge in [-0.05, 0) is 19.4 Å². The molecule has 0 radical (unpaired) electrons. The van der Waals surface area contributed by atoms with E-state index in [0.717, 1.165) is 0 Å². The molecule has 0 N–H and O–H groups in total. The molecule has 15 heavy (non-hydrogen) atoms. The van der Waals surface area contributed by atoms with Crippen LogP contribution in [0.15, 0.2) is 18.2 Å². The fourth-order valence-electron chi connectivity index (χ4n) is 1.47. The Morgan fingerprint density at radius 3 is 2.60 bits per heavy atom. The van der Waals surface area contributed by atoms with Crippen molar-refractivity contribution in [3.05, 3.63) is 29.3 Å². The third kappa shape index (κ3) is 2.75. The fourth-order valence-corrected chi connectivity index (χ4v) is 1.47. The van der Waals surface area contributed by atoms with Crippen molar-refractivity contribution in [1.29, 1.82) is 0 Å². The van der Waals surface area contributed by atoms with Crippen molar-refractivity contribution in [1.82, 2.24) is 0 Å². The SMILES string of the molecule is CCc1c(OC(F)F)cccc1C(C)=O. The van der Waals surface area contributed by atoms with E-state index in [-0.39, 0.29) is 11.5 Å². The molecule has 4 heteroatoms. The van der Waals surface area contributed by atoms with E-state index in [2.05, 4.69) is 4.74 Å². The van der Waals surface area contributed by atoms with Crippen molar-refractivity contribution in [2.45, 2.75) is 26.9 Å². The first-order chi connectivity index (χ1) is 7.06. The number of halogens is 2. The van der Waals surface area contributed by atoms with Crippen LogP contribution in [0.5, 0.6) is 5.75 Å². The summed E-state index contributed by atoms with van der Waals surface area (Å²) in [5.74, 6) is -0.0632. The molecule has 0 aliphatic rings. The van der Waals surface area contributed by atoms with Gasteiger partial charge in [-0.15, -0.1) is 0 Å². The minimum absolute atomic E-state index is 0.0835. The number of hydrogen-bond donors (Lipinski definition) is 0. The summed E-state index contributed by atoms with van der Waals surface area (Å²) in [4.78, 5) is 11.2. The monoisotopic (exact) mass is 214 g/mol. The normalized spacial score (nSPS) is 10.5. The smallest absolute Gasteiger partial charge is 0.387 e. The molecular formula is C11H12F2O2.